The standard InChI is InChI=1S/C17H17NO4S/c1-12-3-9-16(10-4-12)23(21,22)11-17(20)18-15-7-5-14(6-8-15)13(2)19/h3-10H,11H2,1-2H3,(H,18,20). The number of carbonyl (C=O) groups is 2. The number of carbonyl (C=O) groups excluding carboxylic acids is 2. The Balaban J connectivity index is 2.06. The SMILES string of the molecule is CC(=O)c1ccc(NC(=O)CS(=O)(=O)c2ccc(C)cc2)cc1. The summed E-state index contributed by atoms with van der Waals surface area (Å²) in [4.78, 5) is 23.2. The molecule has 120 valence electrons. The minimum Gasteiger partial charge on any atom is -0.325 e. The van der Waals surface area contributed by atoms with Gasteiger partial charge in [0.15, 0.2) is 15.6 Å². The average Bonchev–Trinajstić information content (AvgIpc) is 2.47. The lowest BCUT2D eigenvalue weighted by Crippen LogP contribution is -2.23. The van der Waals surface area contributed by atoms with Gasteiger partial charge in [0.1, 0.15) is 5.75 Å². The highest BCUT2D eigenvalue weighted by atomic mass is 32.2. The van der Waals surface area contributed by atoms with E-state index in [0.717, 1.165) is 5.56 Å². The molecule has 0 bridgehead atoms. The predicted octanol–water partition coefficient (Wildman–Crippen LogP) is 2.61. The maximum absolute atomic E-state index is 12.2. The fourth-order valence-corrected chi connectivity index (χ4v) is 3.12. The second kappa shape index (κ2) is 6.75. The third kappa shape index (κ3) is 4.50. The largest absolute Gasteiger partial charge is 0.325 e. The third-order valence-corrected chi connectivity index (χ3v) is 4.91. The molecule has 0 spiro atoms. The number of sulfone groups is 1. The number of Topliss-reactive ketones (excluding diaryl/α,β-unsaturated/α-hetero) is 1. The molecule has 0 aliphatic rings. The number of amides is 1. The Hall–Kier alpha value is -2.47. The van der Waals surface area contributed by atoms with Gasteiger partial charge in [-0.1, -0.05) is 17.7 Å². The molecule has 6 heteroatoms. The summed E-state index contributed by atoms with van der Waals surface area (Å²) in [6.45, 7) is 3.30. The lowest BCUT2D eigenvalue weighted by atomic mass is 10.1. The van der Waals surface area contributed by atoms with E-state index in [4.69, 9.17) is 0 Å². The smallest absolute Gasteiger partial charge is 0.239 e. The molecule has 0 fully saturated rings. The van der Waals surface area contributed by atoms with Gasteiger partial charge in [-0.05, 0) is 50.2 Å². The number of anilines is 1. The summed E-state index contributed by atoms with van der Waals surface area (Å²) >= 11 is 0. The Morgan fingerprint density at radius 2 is 1.52 bits per heavy atom. The molecule has 2 aromatic rings. The van der Waals surface area contributed by atoms with E-state index in [1.807, 2.05) is 6.92 Å². The van der Waals surface area contributed by atoms with Crippen molar-refractivity contribution in [2.75, 3.05) is 11.1 Å². The first kappa shape index (κ1) is 16.9. The molecule has 5 nitrogen and oxygen atoms in total. The van der Waals surface area contributed by atoms with E-state index in [1.165, 1.54) is 19.1 Å². The first-order valence-electron chi connectivity index (χ1n) is 6.98. The number of hydrogen-bond donors (Lipinski definition) is 1. The monoisotopic (exact) mass is 331 g/mol. The highest BCUT2D eigenvalue weighted by Crippen LogP contribution is 2.14. The number of aryl methyl sites for hydroxylation is 1. The van der Waals surface area contributed by atoms with Crippen LogP contribution in [0.25, 0.3) is 0 Å². The molecule has 1 N–H and O–H groups in total. The molecular formula is C17H17NO4S. The summed E-state index contributed by atoms with van der Waals surface area (Å²) in [5.41, 5.74) is 1.91. The summed E-state index contributed by atoms with van der Waals surface area (Å²) in [5.74, 6) is -1.34. The van der Waals surface area contributed by atoms with Crippen LogP contribution in [-0.2, 0) is 14.6 Å². The van der Waals surface area contributed by atoms with E-state index in [2.05, 4.69) is 5.32 Å². The zero-order valence-electron chi connectivity index (χ0n) is 12.9. The molecule has 0 heterocycles. The topological polar surface area (TPSA) is 80.3 Å². The van der Waals surface area contributed by atoms with Crippen molar-refractivity contribution < 1.29 is 18.0 Å². The second-order valence-electron chi connectivity index (χ2n) is 5.25. The highest BCUT2D eigenvalue weighted by Gasteiger charge is 2.19. The van der Waals surface area contributed by atoms with Gasteiger partial charge in [-0.2, -0.15) is 0 Å². The van der Waals surface area contributed by atoms with Crippen LogP contribution in [0, 0.1) is 6.92 Å². The van der Waals surface area contributed by atoms with Crippen LogP contribution in [0.4, 0.5) is 5.69 Å². The third-order valence-electron chi connectivity index (χ3n) is 3.28. The number of hydrogen-bond acceptors (Lipinski definition) is 4. The molecule has 0 aromatic heterocycles. The minimum atomic E-state index is -3.68. The average molecular weight is 331 g/mol. The molecule has 2 aromatic carbocycles. The lowest BCUT2D eigenvalue weighted by molar-refractivity contribution is -0.113. The fraction of sp³-hybridized carbons (Fsp3) is 0.176. The van der Waals surface area contributed by atoms with Crippen molar-refractivity contribution in [2.24, 2.45) is 0 Å². The maximum Gasteiger partial charge on any atom is 0.239 e. The molecule has 2 rings (SSSR count). The Kier molecular flexibility index (Phi) is 4.95. The van der Waals surface area contributed by atoms with Crippen LogP contribution < -0.4 is 5.32 Å². The zero-order chi connectivity index (χ0) is 17.0. The number of rotatable bonds is 5. The Bertz CT molecular complexity index is 822. The van der Waals surface area contributed by atoms with E-state index < -0.39 is 21.5 Å². The molecule has 1 amide bonds. The summed E-state index contributed by atoms with van der Waals surface area (Å²) in [6, 6.07) is 12.6. The van der Waals surface area contributed by atoms with Crippen molar-refractivity contribution in [3.8, 4) is 0 Å². The van der Waals surface area contributed by atoms with Gasteiger partial charge in [-0.25, -0.2) is 8.42 Å². The molecule has 0 atom stereocenters. The summed E-state index contributed by atoms with van der Waals surface area (Å²) in [5, 5.41) is 2.52. The van der Waals surface area contributed by atoms with E-state index in [0.29, 0.717) is 11.3 Å². The van der Waals surface area contributed by atoms with Gasteiger partial charge < -0.3 is 5.32 Å². The lowest BCUT2D eigenvalue weighted by Gasteiger charge is -2.07. The van der Waals surface area contributed by atoms with Gasteiger partial charge in [0.05, 0.1) is 4.90 Å². The molecule has 0 saturated heterocycles. The van der Waals surface area contributed by atoms with E-state index in [9.17, 15) is 18.0 Å². The first-order chi connectivity index (χ1) is 10.8. The van der Waals surface area contributed by atoms with Crippen molar-refractivity contribution in [3.63, 3.8) is 0 Å². The number of benzene rings is 2. The van der Waals surface area contributed by atoms with Crippen molar-refractivity contribution >= 4 is 27.2 Å². The van der Waals surface area contributed by atoms with Crippen LogP contribution in [0.2, 0.25) is 0 Å². The van der Waals surface area contributed by atoms with Crippen LogP contribution >= 0.6 is 0 Å². The first-order valence-corrected chi connectivity index (χ1v) is 8.63. The minimum absolute atomic E-state index is 0.0789. The Morgan fingerprint density at radius 1 is 0.957 bits per heavy atom. The van der Waals surface area contributed by atoms with Gasteiger partial charge in [-0.15, -0.1) is 0 Å². The van der Waals surface area contributed by atoms with Crippen LogP contribution in [0.1, 0.15) is 22.8 Å². The Morgan fingerprint density at radius 3 is 2.04 bits per heavy atom. The summed E-state index contributed by atoms with van der Waals surface area (Å²) in [7, 11) is -3.68. The van der Waals surface area contributed by atoms with Gasteiger partial charge >= 0.3 is 0 Å². The van der Waals surface area contributed by atoms with Crippen LogP contribution in [0.15, 0.2) is 53.4 Å². The van der Waals surface area contributed by atoms with Gasteiger partial charge in [0.2, 0.25) is 5.91 Å². The molecule has 23 heavy (non-hydrogen) atoms. The summed E-state index contributed by atoms with van der Waals surface area (Å²) < 4.78 is 24.4. The van der Waals surface area contributed by atoms with E-state index >= 15 is 0 Å². The van der Waals surface area contributed by atoms with Crippen LogP contribution in [-0.4, -0.2) is 25.9 Å². The predicted molar refractivity (Wildman–Crippen MR) is 88.3 cm³/mol. The maximum atomic E-state index is 12.2. The molecule has 0 saturated carbocycles. The molecule has 0 radical (unpaired) electrons. The second-order valence-corrected chi connectivity index (χ2v) is 7.24. The van der Waals surface area contributed by atoms with Gasteiger partial charge in [0.25, 0.3) is 0 Å². The molecular weight excluding hydrogens is 314 g/mol. The zero-order valence-corrected chi connectivity index (χ0v) is 13.7. The van der Waals surface area contributed by atoms with Crippen molar-refractivity contribution in [1.29, 1.82) is 0 Å². The van der Waals surface area contributed by atoms with Crippen LogP contribution in [0.5, 0.6) is 0 Å². The number of ketones is 1. The van der Waals surface area contributed by atoms with Gasteiger partial charge in [0, 0.05) is 11.3 Å². The van der Waals surface area contributed by atoms with Gasteiger partial charge in [-0.3, -0.25) is 9.59 Å². The summed E-state index contributed by atoms with van der Waals surface area (Å²) in [6.07, 6.45) is 0. The molecule has 0 aliphatic heterocycles. The molecule has 0 unspecified atom stereocenters. The van der Waals surface area contributed by atoms with Crippen LogP contribution in [0.3, 0.4) is 0 Å². The van der Waals surface area contributed by atoms with E-state index in [1.54, 1.807) is 36.4 Å². The van der Waals surface area contributed by atoms with Crippen molar-refractivity contribution in [1.82, 2.24) is 0 Å². The number of nitrogens with one attached hydrogen (secondary N) is 1. The Labute approximate surface area is 135 Å². The quantitative estimate of drug-likeness (QED) is 0.854. The van der Waals surface area contributed by atoms with E-state index in [-0.39, 0.29) is 10.7 Å². The van der Waals surface area contributed by atoms with Crippen molar-refractivity contribution in [3.05, 3.63) is 59.7 Å². The molecule has 0 aliphatic carbocycles. The van der Waals surface area contributed by atoms with Crippen molar-refractivity contribution in [2.45, 2.75) is 18.7 Å². The normalized spacial score (nSPS) is 11.0. The highest BCUT2D eigenvalue weighted by molar-refractivity contribution is 7.92. The fourth-order valence-electron chi connectivity index (χ4n) is 1.99.